The molecule has 128 valence electrons. The summed E-state index contributed by atoms with van der Waals surface area (Å²) in [5.41, 5.74) is 0.818. The summed E-state index contributed by atoms with van der Waals surface area (Å²) >= 11 is 6.34. The third-order valence-electron chi connectivity index (χ3n) is 3.91. The van der Waals surface area contributed by atoms with Crippen LogP contribution in [0, 0.1) is 0 Å². The fourth-order valence-electron chi connectivity index (χ4n) is 2.40. The summed E-state index contributed by atoms with van der Waals surface area (Å²) in [7, 11) is 1.66. The van der Waals surface area contributed by atoms with E-state index in [0.717, 1.165) is 12.1 Å². The minimum Gasteiger partial charge on any atom is -0.382 e. The number of rotatable bonds is 8. The Balaban J connectivity index is 2.04. The summed E-state index contributed by atoms with van der Waals surface area (Å²) in [5.74, 6) is -0.114. The molecule has 0 spiro atoms. The third-order valence-corrected chi connectivity index (χ3v) is 4.31. The van der Waals surface area contributed by atoms with Crippen LogP contribution in [-0.4, -0.2) is 50.5 Å². The monoisotopic (exact) mass is 341 g/mol. The number of ether oxygens (including phenoxy) is 3. The van der Waals surface area contributed by atoms with Crippen molar-refractivity contribution in [3.63, 3.8) is 0 Å². The van der Waals surface area contributed by atoms with Crippen molar-refractivity contribution in [3.8, 4) is 0 Å². The van der Waals surface area contributed by atoms with E-state index in [1.54, 1.807) is 12.0 Å². The van der Waals surface area contributed by atoms with Crippen molar-refractivity contribution < 1.29 is 19.0 Å². The molecule has 3 atom stereocenters. The van der Waals surface area contributed by atoms with Crippen LogP contribution in [0.5, 0.6) is 0 Å². The number of hydrogen-bond acceptors (Lipinski definition) is 4. The Hall–Kier alpha value is -1.14. The van der Waals surface area contributed by atoms with Crippen molar-refractivity contribution in [2.24, 2.45) is 0 Å². The van der Waals surface area contributed by atoms with Gasteiger partial charge in [0.15, 0.2) is 0 Å². The van der Waals surface area contributed by atoms with Gasteiger partial charge in [-0.2, -0.15) is 0 Å². The van der Waals surface area contributed by atoms with Crippen LogP contribution in [0.15, 0.2) is 30.3 Å². The summed E-state index contributed by atoms with van der Waals surface area (Å²) in [6.07, 6.45) is 1.27. The molecule has 1 aliphatic heterocycles. The number of nitrogens with zero attached hydrogens (tertiary/aromatic N) is 1. The van der Waals surface area contributed by atoms with E-state index in [2.05, 4.69) is 0 Å². The Morgan fingerprint density at radius 2 is 2.13 bits per heavy atom. The highest BCUT2D eigenvalue weighted by Crippen LogP contribution is 2.21. The predicted molar refractivity (Wildman–Crippen MR) is 89.8 cm³/mol. The maximum Gasteiger partial charge on any atom is 0.245 e. The molecule has 2 rings (SSSR count). The second kappa shape index (κ2) is 9.23. The zero-order valence-electron chi connectivity index (χ0n) is 13.6. The number of carbonyl (C=O) groups excluding carboxylic acids is 1. The molecular weight excluding hydrogens is 318 g/mol. The Bertz CT molecular complexity index is 479. The highest BCUT2D eigenvalue weighted by atomic mass is 35.5. The maximum absolute atomic E-state index is 12.8. The van der Waals surface area contributed by atoms with E-state index < -0.39 is 5.38 Å². The number of alkyl halides is 1. The molecule has 3 unspecified atom stereocenters. The zero-order chi connectivity index (χ0) is 16.7. The standard InChI is InChI=1S/C17H24ClNO4/c1-13(21-2)8-9-16(18)17(20)19(10-15-11-22-12-23-15)14-6-4-3-5-7-14/h3-7,13,15-16H,8-12H2,1-2H3. The topological polar surface area (TPSA) is 48.0 Å². The fraction of sp³-hybridized carbons (Fsp3) is 0.588. The van der Waals surface area contributed by atoms with Gasteiger partial charge in [0.05, 0.1) is 19.3 Å². The van der Waals surface area contributed by atoms with Gasteiger partial charge in [0.1, 0.15) is 18.3 Å². The molecule has 6 heteroatoms. The van der Waals surface area contributed by atoms with Crippen LogP contribution in [0.4, 0.5) is 5.69 Å². The Kier molecular flexibility index (Phi) is 7.30. The van der Waals surface area contributed by atoms with Gasteiger partial charge >= 0.3 is 0 Å². The second-order valence-electron chi connectivity index (χ2n) is 5.65. The molecule has 1 heterocycles. The molecule has 1 fully saturated rings. The molecule has 1 saturated heterocycles. The molecule has 0 saturated carbocycles. The highest BCUT2D eigenvalue weighted by Gasteiger charge is 2.28. The first kappa shape index (κ1) is 18.2. The number of methoxy groups -OCH3 is 1. The van der Waals surface area contributed by atoms with E-state index in [4.69, 9.17) is 25.8 Å². The average molecular weight is 342 g/mol. The zero-order valence-corrected chi connectivity index (χ0v) is 14.4. The molecule has 23 heavy (non-hydrogen) atoms. The lowest BCUT2D eigenvalue weighted by Crippen LogP contribution is -2.42. The number of anilines is 1. The van der Waals surface area contributed by atoms with Crippen molar-refractivity contribution in [1.29, 1.82) is 0 Å². The molecule has 1 aromatic rings. The lowest BCUT2D eigenvalue weighted by molar-refractivity contribution is -0.118. The van der Waals surface area contributed by atoms with Gasteiger partial charge in [-0.3, -0.25) is 4.79 Å². The van der Waals surface area contributed by atoms with E-state index >= 15 is 0 Å². The van der Waals surface area contributed by atoms with Crippen molar-refractivity contribution in [2.75, 3.05) is 32.0 Å². The van der Waals surface area contributed by atoms with E-state index in [1.165, 1.54) is 0 Å². The summed E-state index contributed by atoms with van der Waals surface area (Å²) in [5, 5.41) is -0.588. The number of benzene rings is 1. The van der Waals surface area contributed by atoms with Crippen molar-refractivity contribution in [1.82, 2.24) is 0 Å². The van der Waals surface area contributed by atoms with Crippen LogP contribution < -0.4 is 4.90 Å². The van der Waals surface area contributed by atoms with Crippen LogP contribution in [-0.2, 0) is 19.0 Å². The minimum absolute atomic E-state index is 0.0841. The predicted octanol–water partition coefficient (Wildman–Crippen LogP) is 2.82. The lowest BCUT2D eigenvalue weighted by atomic mass is 10.1. The van der Waals surface area contributed by atoms with Crippen LogP contribution in [0.25, 0.3) is 0 Å². The van der Waals surface area contributed by atoms with Crippen LogP contribution >= 0.6 is 11.6 Å². The molecule has 0 radical (unpaired) electrons. The number of para-hydroxylation sites is 1. The van der Waals surface area contributed by atoms with Gasteiger partial charge in [0.2, 0.25) is 5.91 Å². The van der Waals surface area contributed by atoms with E-state index in [0.29, 0.717) is 19.6 Å². The Labute approximate surface area is 142 Å². The third kappa shape index (κ3) is 5.46. The number of halogens is 1. The second-order valence-corrected chi connectivity index (χ2v) is 6.18. The number of amides is 1. The maximum atomic E-state index is 12.8. The normalized spacial score (nSPS) is 20.2. The smallest absolute Gasteiger partial charge is 0.245 e. The molecule has 5 nitrogen and oxygen atoms in total. The van der Waals surface area contributed by atoms with Gasteiger partial charge in [-0.1, -0.05) is 18.2 Å². The van der Waals surface area contributed by atoms with Gasteiger partial charge < -0.3 is 19.1 Å². The molecule has 0 N–H and O–H groups in total. The molecule has 0 aliphatic carbocycles. The molecule has 0 bridgehead atoms. The van der Waals surface area contributed by atoms with Gasteiger partial charge in [-0.15, -0.1) is 11.6 Å². The van der Waals surface area contributed by atoms with Gasteiger partial charge in [-0.05, 0) is 31.9 Å². The molecule has 0 aromatic heterocycles. The van der Waals surface area contributed by atoms with Crippen LogP contribution in [0.3, 0.4) is 0 Å². The minimum atomic E-state index is -0.588. The number of carbonyl (C=O) groups is 1. The summed E-state index contributed by atoms with van der Waals surface area (Å²) in [6.45, 7) is 3.17. The van der Waals surface area contributed by atoms with Crippen molar-refractivity contribution in [3.05, 3.63) is 30.3 Å². The van der Waals surface area contributed by atoms with Crippen molar-refractivity contribution in [2.45, 2.75) is 37.4 Å². The Morgan fingerprint density at radius 1 is 1.39 bits per heavy atom. The molecule has 1 aliphatic rings. The van der Waals surface area contributed by atoms with Gasteiger partial charge in [0, 0.05) is 12.8 Å². The summed E-state index contributed by atoms with van der Waals surface area (Å²) in [4.78, 5) is 14.5. The van der Waals surface area contributed by atoms with Crippen LogP contribution in [0.1, 0.15) is 19.8 Å². The van der Waals surface area contributed by atoms with Crippen LogP contribution in [0.2, 0.25) is 0 Å². The first-order valence-electron chi connectivity index (χ1n) is 7.84. The Morgan fingerprint density at radius 3 is 2.74 bits per heavy atom. The first-order chi connectivity index (χ1) is 11.1. The number of hydrogen-bond donors (Lipinski definition) is 0. The average Bonchev–Trinajstić information content (AvgIpc) is 3.10. The molecular formula is C17H24ClNO4. The largest absolute Gasteiger partial charge is 0.382 e. The quantitative estimate of drug-likeness (QED) is 0.682. The van der Waals surface area contributed by atoms with E-state index in [-0.39, 0.29) is 24.9 Å². The summed E-state index contributed by atoms with van der Waals surface area (Å²) < 4.78 is 15.9. The first-order valence-corrected chi connectivity index (χ1v) is 8.28. The molecule has 1 amide bonds. The van der Waals surface area contributed by atoms with E-state index in [1.807, 2.05) is 37.3 Å². The fourth-order valence-corrected chi connectivity index (χ4v) is 2.65. The summed E-state index contributed by atoms with van der Waals surface area (Å²) in [6, 6.07) is 9.51. The van der Waals surface area contributed by atoms with Gasteiger partial charge in [0.25, 0.3) is 0 Å². The lowest BCUT2D eigenvalue weighted by Gasteiger charge is -2.27. The van der Waals surface area contributed by atoms with Gasteiger partial charge in [-0.25, -0.2) is 0 Å². The van der Waals surface area contributed by atoms with Crippen molar-refractivity contribution >= 4 is 23.2 Å². The molecule has 1 aromatic carbocycles. The highest BCUT2D eigenvalue weighted by molar-refractivity contribution is 6.32. The SMILES string of the molecule is COC(C)CCC(Cl)C(=O)N(CC1COCO1)c1ccccc1. The van der Waals surface area contributed by atoms with E-state index in [9.17, 15) is 4.79 Å².